The molecule has 0 unspecified atom stereocenters. The van der Waals surface area contributed by atoms with Gasteiger partial charge in [-0.3, -0.25) is 18.7 Å². The molecule has 190 valence electrons. The zero-order chi connectivity index (χ0) is 26.0. The number of halogens is 2. The fraction of sp³-hybridized carbons (Fsp3) is 0.348. The van der Waals surface area contributed by atoms with Crippen LogP contribution in [-0.4, -0.2) is 36.4 Å². The van der Waals surface area contributed by atoms with E-state index in [2.05, 4.69) is 15.4 Å². The lowest BCUT2D eigenvalue weighted by Gasteiger charge is -2.09. The van der Waals surface area contributed by atoms with Crippen LogP contribution in [0.1, 0.15) is 26.2 Å². The van der Waals surface area contributed by atoms with Gasteiger partial charge in [0, 0.05) is 25.0 Å². The number of rotatable bonds is 9. The van der Waals surface area contributed by atoms with Crippen molar-refractivity contribution in [3.8, 4) is 17.0 Å². The summed E-state index contributed by atoms with van der Waals surface area (Å²) in [6, 6.07) is 2.27. The van der Waals surface area contributed by atoms with Gasteiger partial charge in [-0.25, -0.2) is 23.2 Å². The van der Waals surface area contributed by atoms with Crippen molar-refractivity contribution in [2.45, 2.75) is 32.7 Å². The van der Waals surface area contributed by atoms with Gasteiger partial charge in [-0.2, -0.15) is 5.10 Å². The Morgan fingerprint density at radius 2 is 1.86 bits per heavy atom. The van der Waals surface area contributed by atoms with Crippen LogP contribution < -0.4 is 21.3 Å². The number of thiazole rings is 1. The average molecular weight is 519 g/mol. The van der Waals surface area contributed by atoms with Gasteiger partial charge in [0.15, 0.2) is 28.0 Å². The molecule has 1 amide bonds. The largest absolute Gasteiger partial charge is 0.488 e. The van der Waals surface area contributed by atoms with Crippen molar-refractivity contribution in [1.82, 2.24) is 23.9 Å². The third kappa shape index (κ3) is 4.91. The molecular weight excluding hydrogens is 494 g/mol. The maximum atomic E-state index is 14.5. The molecule has 3 heterocycles. The Hall–Kier alpha value is -3.87. The number of anilines is 1. The minimum absolute atomic E-state index is 0.109. The number of carbonyl (C=O) groups excluding carboxylic acids is 1. The van der Waals surface area contributed by atoms with Gasteiger partial charge in [-0.05, 0) is 18.6 Å². The van der Waals surface area contributed by atoms with Gasteiger partial charge in [-0.15, -0.1) is 11.3 Å². The number of unbranched alkanes of at least 4 members (excludes halogenated alkanes) is 2. The van der Waals surface area contributed by atoms with Gasteiger partial charge in [-0.1, -0.05) is 19.8 Å². The number of benzene rings is 1. The van der Waals surface area contributed by atoms with E-state index in [1.807, 2.05) is 6.92 Å². The highest BCUT2D eigenvalue weighted by Gasteiger charge is 2.18. The van der Waals surface area contributed by atoms with E-state index in [0.29, 0.717) is 11.9 Å². The van der Waals surface area contributed by atoms with Crippen molar-refractivity contribution in [3.63, 3.8) is 0 Å². The molecule has 36 heavy (non-hydrogen) atoms. The molecule has 1 aromatic carbocycles. The molecule has 0 radical (unpaired) electrons. The van der Waals surface area contributed by atoms with Crippen molar-refractivity contribution >= 4 is 33.4 Å². The standard InChI is InChI=1S/C23H24F2N6O4S/c1-4-5-6-7-35-20-14(24)8-13(9-15(20)25)16-12-36-22(27-16)28-18(32)11-31-19-17(10-26-31)29(2)23(34)30(3)21(19)33/h8-10,12H,4-7,11H2,1-3H3,(H,27,28,32). The SMILES string of the molecule is CCCCCOc1c(F)cc(-c2csc(NC(=O)Cn3ncc4c3c(=O)n(C)c(=O)n4C)n2)cc1F. The lowest BCUT2D eigenvalue weighted by Crippen LogP contribution is -2.37. The first-order chi connectivity index (χ1) is 17.2. The number of carbonyl (C=O) groups is 1. The Bertz CT molecular complexity index is 1530. The molecule has 0 aliphatic carbocycles. The van der Waals surface area contributed by atoms with Gasteiger partial charge >= 0.3 is 5.69 Å². The summed E-state index contributed by atoms with van der Waals surface area (Å²) in [5.74, 6) is -2.61. The zero-order valence-electron chi connectivity index (χ0n) is 19.9. The van der Waals surface area contributed by atoms with E-state index < -0.39 is 34.5 Å². The van der Waals surface area contributed by atoms with E-state index in [1.165, 1.54) is 29.5 Å². The molecule has 0 atom stereocenters. The molecule has 1 N–H and O–H groups in total. The van der Waals surface area contributed by atoms with Crippen LogP contribution in [0.15, 0.2) is 33.3 Å². The smallest absolute Gasteiger partial charge is 0.331 e. The van der Waals surface area contributed by atoms with Crippen LogP contribution in [0.2, 0.25) is 0 Å². The van der Waals surface area contributed by atoms with Crippen LogP contribution in [0.3, 0.4) is 0 Å². The summed E-state index contributed by atoms with van der Waals surface area (Å²) in [4.78, 5) is 41.4. The predicted octanol–water partition coefficient (Wildman–Crippen LogP) is 3.04. The second-order valence-electron chi connectivity index (χ2n) is 8.15. The second kappa shape index (κ2) is 10.4. The lowest BCUT2D eigenvalue weighted by atomic mass is 10.1. The number of nitrogens with one attached hydrogen (secondary N) is 1. The summed E-state index contributed by atoms with van der Waals surface area (Å²) in [6.07, 6.45) is 3.91. The predicted molar refractivity (Wildman–Crippen MR) is 131 cm³/mol. The minimum atomic E-state index is -0.832. The first kappa shape index (κ1) is 25.2. The first-order valence-corrected chi connectivity index (χ1v) is 12.1. The molecule has 0 aliphatic heterocycles. The van der Waals surface area contributed by atoms with Crippen LogP contribution in [0.25, 0.3) is 22.3 Å². The van der Waals surface area contributed by atoms with Crippen LogP contribution in [0.5, 0.6) is 5.75 Å². The summed E-state index contributed by atoms with van der Waals surface area (Å²) in [6.45, 7) is 1.94. The van der Waals surface area contributed by atoms with E-state index in [4.69, 9.17) is 4.74 Å². The number of fused-ring (bicyclic) bond motifs is 1. The highest BCUT2D eigenvalue weighted by Crippen LogP contribution is 2.31. The number of ether oxygens (including phenoxy) is 1. The number of amides is 1. The average Bonchev–Trinajstić information content (AvgIpc) is 3.47. The Morgan fingerprint density at radius 3 is 2.56 bits per heavy atom. The Kier molecular flexibility index (Phi) is 7.29. The molecule has 0 aliphatic rings. The summed E-state index contributed by atoms with van der Waals surface area (Å²) in [7, 11) is 2.85. The summed E-state index contributed by atoms with van der Waals surface area (Å²) < 4.78 is 37.6. The van der Waals surface area contributed by atoms with Crippen LogP contribution in [-0.2, 0) is 25.4 Å². The van der Waals surface area contributed by atoms with E-state index in [1.54, 1.807) is 5.38 Å². The summed E-state index contributed by atoms with van der Waals surface area (Å²) >= 11 is 1.07. The highest BCUT2D eigenvalue weighted by molar-refractivity contribution is 7.14. The van der Waals surface area contributed by atoms with Crippen molar-refractivity contribution in [3.05, 3.63) is 56.2 Å². The van der Waals surface area contributed by atoms with Crippen LogP contribution in [0, 0.1) is 11.6 Å². The number of hydrogen-bond donors (Lipinski definition) is 1. The maximum Gasteiger partial charge on any atom is 0.331 e. The normalized spacial score (nSPS) is 11.2. The summed E-state index contributed by atoms with van der Waals surface area (Å²) in [5, 5.41) is 8.41. The lowest BCUT2D eigenvalue weighted by molar-refractivity contribution is -0.116. The third-order valence-electron chi connectivity index (χ3n) is 5.59. The van der Waals surface area contributed by atoms with Gasteiger partial charge in [0.1, 0.15) is 6.54 Å². The van der Waals surface area contributed by atoms with Crippen LogP contribution in [0.4, 0.5) is 13.9 Å². The second-order valence-corrected chi connectivity index (χ2v) is 9.01. The molecule has 3 aromatic heterocycles. The molecule has 4 aromatic rings. The quantitative estimate of drug-likeness (QED) is 0.341. The zero-order valence-corrected chi connectivity index (χ0v) is 20.7. The Labute approximate surface area is 207 Å². The number of aromatic nitrogens is 5. The molecule has 0 bridgehead atoms. The van der Waals surface area contributed by atoms with E-state index in [0.717, 1.165) is 40.9 Å². The van der Waals surface area contributed by atoms with Crippen molar-refractivity contribution in [1.29, 1.82) is 0 Å². The first-order valence-electron chi connectivity index (χ1n) is 11.2. The molecule has 0 spiro atoms. The molecule has 0 fully saturated rings. The molecule has 0 saturated carbocycles. The minimum Gasteiger partial charge on any atom is -0.488 e. The topological polar surface area (TPSA) is 113 Å². The van der Waals surface area contributed by atoms with E-state index >= 15 is 0 Å². The van der Waals surface area contributed by atoms with Crippen LogP contribution >= 0.6 is 11.3 Å². The number of nitrogens with zero attached hydrogens (tertiary/aromatic N) is 5. The number of hydrogen-bond acceptors (Lipinski definition) is 7. The Balaban J connectivity index is 1.48. The highest BCUT2D eigenvalue weighted by atomic mass is 32.1. The van der Waals surface area contributed by atoms with Gasteiger partial charge in [0.05, 0.1) is 24.0 Å². The van der Waals surface area contributed by atoms with Crippen molar-refractivity contribution in [2.24, 2.45) is 14.1 Å². The third-order valence-corrected chi connectivity index (χ3v) is 6.35. The molecule has 0 saturated heterocycles. The summed E-state index contributed by atoms with van der Waals surface area (Å²) in [5.41, 5.74) is -0.191. The molecule has 13 heteroatoms. The van der Waals surface area contributed by atoms with Gasteiger partial charge in [0.25, 0.3) is 5.56 Å². The molecule has 10 nitrogen and oxygen atoms in total. The van der Waals surface area contributed by atoms with E-state index in [-0.39, 0.29) is 35.1 Å². The molecule has 4 rings (SSSR count). The fourth-order valence-electron chi connectivity index (χ4n) is 3.67. The van der Waals surface area contributed by atoms with E-state index in [9.17, 15) is 23.2 Å². The number of aryl methyl sites for hydroxylation is 1. The fourth-order valence-corrected chi connectivity index (χ4v) is 4.40. The molecular formula is C23H24F2N6O4S. The van der Waals surface area contributed by atoms with Crippen molar-refractivity contribution < 1.29 is 18.3 Å². The van der Waals surface area contributed by atoms with Gasteiger partial charge in [0.2, 0.25) is 5.91 Å². The monoisotopic (exact) mass is 518 g/mol. The maximum absolute atomic E-state index is 14.5. The van der Waals surface area contributed by atoms with Crippen molar-refractivity contribution in [2.75, 3.05) is 11.9 Å². The Morgan fingerprint density at radius 1 is 1.14 bits per heavy atom. The van der Waals surface area contributed by atoms with Gasteiger partial charge < -0.3 is 10.1 Å².